The van der Waals surface area contributed by atoms with Gasteiger partial charge in [0.05, 0.1) is 17.7 Å². The van der Waals surface area contributed by atoms with Crippen LogP contribution in [0, 0.1) is 0 Å². The van der Waals surface area contributed by atoms with Gasteiger partial charge in [-0.15, -0.1) is 0 Å². The maximum atomic E-state index is 13.3. The number of halogens is 1. The molecule has 0 radical (unpaired) electrons. The van der Waals surface area contributed by atoms with E-state index < -0.39 is 5.97 Å². The van der Waals surface area contributed by atoms with Crippen LogP contribution in [0.5, 0.6) is 5.75 Å². The fourth-order valence-corrected chi connectivity index (χ4v) is 4.83. The molecular formula is C23H16BrNO4S2. The van der Waals surface area contributed by atoms with E-state index >= 15 is 0 Å². The molecule has 0 spiro atoms. The van der Waals surface area contributed by atoms with Gasteiger partial charge in [0.2, 0.25) is 0 Å². The minimum atomic E-state index is -0.490. The van der Waals surface area contributed by atoms with E-state index in [-0.39, 0.29) is 12.5 Å². The monoisotopic (exact) mass is 513 g/mol. The number of fused-ring (bicyclic) bond motifs is 1. The summed E-state index contributed by atoms with van der Waals surface area (Å²) in [4.78, 5) is 26.8. The number of rotatable bonds is 5. The molecule has 1 fully saturated rings. The van der Waals surface area contributed by atoms with Crippen molar-refractivity contribution < 1.29 is 19.1 Å². The number of thiocarbonyl (C=S) groups is 1. The molecule has 4 rings (SSSR count). The lowest BCUT2D eigenvalue weighted by atomic mass is 10.1. The summed E-state index contributed by atoms with van der Waals surface area (Å²) in [6.45, 7) is -0.226. The van der Waals surface area contributed by atoms with E-state index in [0.717, 1.165) is 20.9 Å². The van der Waals surface area contributed by atoms with Crippen LogP contribution in [0.4, 0.5) is 5.69 Å². The third-order valence-electron chi connectivity index (χ3n) is 4.63. The third-order valence-corrected chi connectivity index (χ3v) is 6.43. The van der Waals surface area contributed by atoms with Crippen molar-refractivity contribution >= 4 is 78.6 Å². The summed E-state index contributed by atoms with van der Waals surface area (Å²) < 4.78 is 11.5. The van der Waals surface area contributed by atoms with Crippen LogP contribution in [0.2, 0.25) is 0 Å². The summed E-state index contributed by atoms with van der Waals surface area (Å²) in [5.74, 6) is -0.231. The molecule has 0 aliphatic carbocycles. The van der Waals surface area contributed by atoms with Gasteiger partial charge in [-0.05, 0) is 35.7 Å². The van der Waals surface area contributed by atoms with Gasteiger partial charge >= 0.3 is 5.97 Å². The highest BCUT2D eigenvalue weighted by molar-refractivity contribution is 9.10. The quantitative estimate of drug-likeness (QED) is 0.253. The Morgan fingerprint density at radius 2 is 1.94 bits per heavy atom. The van der Waals surface area contributed by atoms with Gasteiger partial charge in [-0.1, -0.05) is 76.3 Å². The molecule has 156 valence electrons. The van der Waals surface area contributed by atoms with E-state index in [1.165, 1.54) is 18.9 Å². The highest BCUT2D eigenvalue weighted by atomic mass is 79.9. The van der Waals surface area contributed by atoms with Gasteiger partial charge in [0.15, 0.2) is 10.9 Å². The number of esters is 1. The Morgan fingerprint density at radius 1 is 1.16 bits per heavy atom. The van der Waals surface area contributed by atoms with Crippen molar-refractivity contribution in [2.75, 3.05) is 18.6 Å². The molecule has 31 heavy (non-hydrogen) atoms. The van der Waals surface area contributed by atoms with E-state index in [4.69, 9.17) is 17.0 Å². The molecule has 1 aliphatic rings. The molecule has 1 heterocycles. The second kappa shape index (κ2) is 9.21. The zero-order valence-electron chi connectivity index (χ0n) is 16.3. The molecule has 3 aromatic rings. The minimum absolute atomic E-state index is 0.203. The third kappa shape index (κ3) is 4.51. The number of hydrogen-bond donors (Lipinski definition) is 0. The number of methoxy groups -OCH3 is 1. The molecule has 0 aromatic heterocycles. The number of anilines is 1. The van der Waals surface area contributed by atoms with Crippen molar-refractivity contribution in [1.29, 1.82) is 0 Å². The lowest BCUT2D eigenvalue weighted by Gasteiger charge is -2.17. The Morgan fingerprint density at radius 3 is 2.74 bits per heavy atom. The van der Waals surface area contributed by atoms with E-state index in [2.05, 4.69) is 20.7 Å². The molecule has 0 bridgehead atoms. The summed E-state index contributed by atoms with van der Waals surface area (Å²) in [5, 5.41) is 1.98. The number of carbonyl (C=O) groups excluding carboxylic acids is 2. The number of ether oxygens (including phenoxy) is 2. The maximum absolute atomic E-state index is 13.3. The SMILES string of the molecule is COC(=O)COc1ccc(Br)cc1/C=C1\SC(=S)N(c2cccc3ccccc23)C1=O. The zero-order valence-corrected chi connectivity index (χ0v) is 19.6. The molecule has 3 aromatic carbocycles. The van der Waals surface area contributed by atoms with Gasteiger partial charge in [-0.3, -0.25) is 9.69 Å². The summed E-state index contributed by atoms with van der Waals surface area (Å²) in [5.41, 5.74) is 1.40. The van der Waals surface area contributed by atoms with E-state index in [1.54, 1.807) is 23.1 Å². The van der Waals surface area contributed by atoms with Gasteiger partial charge < -0.3 is 9.47 Å². The van der Waals surface area contributed by atoms with Gasteiger partial charge in [0.1, 0.15) is 5.75 Å². The molecule has 5 nitrogen and oxygen atoms in total. The Hall–Kier alpha value is -2.68. The highest BCUT2D eigenvalue weighted by Crippen LogP contribution is 2.40. The molecule has 0 unspecified atom stereocenters. The molecule has 1 amide bonds. The smallest absolute Gasteiger partial charge is 0.343 e. The van der Waals surface area contributed by atoms with Crippen LogP contribution in [0.1, 0.15) is 5.56 Å². The summed E-state index contributed by atoms with van der Waals surface area (Å²) in [6, 6.07) is 19.0. The van der Waals surface area contributed by atoms with Crippen LogP contribution in [-0.2, 0) is 14.3 Å². The first kappa shape index (κ1) is 21.5. The fraction of sp³-hybridized carbons (Fsp3) is 0.0870. The number of hydrogen-bond acceptors (Lipinski definition) is 6. The average Bonchev–Trinajstić information content (AvgIpc) is 3.05. The second-order valence-corrected chi connectivity index (χ2v) is 9.15. The van der Waals surface area contributed by atoms with Crippen LogP contribution in [0.15, 0.2) is 70.0 Å². The Kier molecular flexibility index (Phi) is 6.41. The first-order chi connectivity index (χ1) is 15.0. The lowest BCUT2D eigenvalue weighted by molar-refractivity contribution is -0.142. The minimum Gasteiger partial charge on any atom is -0.481 e. The predicted molar refractivity (Wildman–Crippen MR) is 131 cm³/mol. The first-order valence-corrected chi connectivity index (χ1v) is 11.2. The van der Waals surface area contributed by atoms with Crippen LogP contribution >= 0.6 is 39.9 Å². The molecule has 1 aliphatic heterocycles. The summed E-state index contributed by atoms with van der Waals surface area (Å²) in [6.07, 6.45) is 1.72. The number of thioether (sulfide) groups is 1. The Balaban J connectivity index is 1.69. The average molecular weight is 514 g/mol. The molecule has 0 atom stereocenters. The summed E-state index contributed by atoms with van der Waals surface area (Å²) >= 11 is 10.2. The molecular weight excluding hydrogens is 498 g/mol. The van der Waals surface area contributed by atoms with Crippen molar-refractivity contribution in [2.45, 2.75) is 0 Å². The normalized spacial score (nSPS) is 15.0. The fourth-order valence-electron chi connectivity index (χ4n) is 3.18. The van der Waals surface area contributed by atoms with Gasteiger partial charge in [0, 0.05) is 15.4 Å². The van der Waals surface area contributed by atoms with Gasteiger partial charge in [0.25, 0.3) is 5.91 Å². The molecule has 1 saturated heterocycles. The Labute approximate surface area is 197 Å². The Bertz CT molecular complexity index is 1240. The largest absolute Gasteiger partial charge is 0.481 e. The lowest BCUT2D eigenvalue weighted by Crippen LogP contribution is -2.27. The number of carbonyl (C=O) groups is 2. The van der Waals surface area contributed by atoms with Gasteiger partial charge in [-0.25, -0.2) is 4.79 Å². The van der Waals surface area contributed by atoms with Crippen LogP contribution < -0.4 is 9.64 Å². The van der Waals surface area contributed by atoms with Crippen molar-refractivity contribution in [3.8, 4) is 5.75 Å². The molecule has 0 N–H and O–H groups in total. The molecule has 0 saturated carbocycles. The van der Waals surface area contributed by atoms with Crippen molar-refractivity contribution in [3.05, 3.63) is 75.6 Å². The van der Waals surface area contributed by atoms with E-state index in [1.807, 2.05) is 48.5 Å². The van der Waals surface area contributed by atoms with Crippen molar-refractivity contribution in [2.24, 2.45) is 0 Å². The topological polar surface area (TPSA) is 55.8 Å². The highest BCUT2D eigenvalue weighted by Gasteiger charge is 2.34. The van der Waals surface area contributed by atoms with Crippen molar-refractivity contribution in [3.63, 3.8) is 0 Å². The van der Waals surface area contributed by atoms with E-state index in [0.29, 0.717) is 20.5 Å². The van der Waals surface area contributed by atoms with Gasteiger partial charge in [-0.2, -0.15) is 0 Å². The van der Waals surface area contributed by atoms with Crippen molar-refractivity contribution in [1.82, 2.24) is 0 Å². The summed E-state index contributed by atoms with van der Waals surface area (Å²) in [7, 11) is 1.30. The standard InChI is InChI=1S/C23H16BrNO4S2/c1-28-21(26)13-29-19-10-9-16(24)11-15(19)12-20-22(27)25(23(30)31-20)18-8-4-6-14-5-2-3-7-17(14)18/h2-12H,13H2,1H3/b20-12-. The van der Waals surface area contributed by atoms with Crippen LogP contribution in [0.3, 0.4) is 0 Å². The van der Waals surface area contributed by atoms with Crippen LogP contribution in [-0.4, -0.2) is 29.9 Å². The number of nitrogens with zero attached hydrogens (tertiary/aromatic N) is 1. The maximum Gasteiger partial charge on any atom is 0.343 e. The number of benzene rings is 3. The number of amides is 1. The zero-order chi connectivity index (χ0) is 22.0. The molecule has 8 heteroatoms. The second-order valence-electron chi connectivity index (χ2n) is 6.56. The van der Waals surface area contributed by atoms with E-state index in [9.17, 15) is 9.59 Å². The first-order valence-electron chi connectivity index (χ1n) is 9.23. The van der Waals surface area contributed by atoms with Crippen LogP contribution in [0.25, 0.3) is 16.8 Å². The predicted octanol–water partition coefficient (Wildman–Crippen LogP) is 5.56.